The Hall–Kier alpha value is -1.51. The van der Waals surface area contributed by atoms with Gasteiger partial charge in [-0.3, -0.25) is 4.79 Å². The maximum Gasteiger partial charge on any atom is 0.310 e. The highest BCUT2D eigenvalue weighted by atomic mass is 16.5. The monoisotopic (exact) mass is 206 g/mol. The van der Waals surface area contributed by atoms with E-state index in [1.165, 1.54) is 5.56 Å². The zero-order chi connectivity index (χ0) is 11.0. The molecule has 15 heavy (non-hydrogen) atoms. The average Bonchev–Trinajstić information content (AvgIpc) is 2.23. The van der Waals surface area contributed by atoms with Gasteiger partial charge in [0.25, 0.3) is 0 Å². The third-order valence-corrected chi connectivity index (χ3v) is 3.00. The van der Waals surface area contributed by atoms with Gasteiger partial charge in [-0.2, -0.15) is 0 Å². The molecule has 1 aromatic carbocycles. The zero-order valence-electron chi connectivity index (χ0n) is 8.91. The highest BCUT2D eigenvalue weighted by Gasteiger charge is 2.26. The summed E-state index contributed by atoms with van der Waals surface area (Å²) < 4.78 is 5.53. The molecular weight excluding hydrogens is 192 g/mol. The van der Waals surface area contributed by atoms with Crippen LogP contribution in [-0.2, 0) is 11.2 Å². The average molecular weight is 206 g/mol. The maximum atomic E-state index is 10.8. The predicted molar refractivity (Wildman–Crippen MR) is 56.2 cm³/mol. The van der Waals surface area contributed by atoms with Crippen molar-refractivity contribution >= 4 is 5.97 Å². The first-order valence-electron chi connectivity index (χ1n) is 5.04. The number of aryl methyl sites for hydroxylation is 1. The topological polar surface area (TPSA) is 46.5 Å². The zero-order valence-corrected chi connectivity index (χ0v) is 8.91. The van der Waals surface area contributed by atoms with E-state index in [0.29, 0.717) is 6.42 Å². The number of carbonyl (C=O) groups is 1. The van der Waals surface area contributed by atoms with Crippen LogP contribution in [-0.4, -0.2) is 17.7 Å². The first-order chi connectivity index (χ1) is 7.09. The second-order valence-electron chi connectivity index (χ2n) is 4.05. The number of aliphatic carboxylic acids is 1. The van der Waals surface area contributed by atoms with Crippen LogP contribution in [0.3, 0.4) is 0 Å². The molecule has 80 valence electrons. The van der Waals surface area contributed by atoms with Crippen LogP contribution in [0.5, 0.6) is 5.75 Å². The fourth-order valence-electron chi connectivity index (χ4n) is 1.87. The van der Waals surface area contributed by atoms with Crippen LogP contribution < -0.4 is 4.74 Å². The van der Waals surface area contributed by atoms with Gasteiger partial charge >= 0.3 is 5.97 Å². The lowest BCUT2D eigenvalue weighted by atomic mass is 9.93. The van der Waals surface area contributed by atoms with Crippen molar-refractivity contribution in [3.8, 4) is 5.75 Å². The summed E-state index contributed by atoms with van der Waals surface area (Å²) in [7, 11) is 0. The molecule has 0 bridgehead atoms. The molecule has 0 aromatic heterocycles. The minimum Gasteiger partial charge on any atom is -0.492 e. The van der Waals surface area contributed by atoms with E-state index >= 15 is 0 Å². The number of benzene rings is 1. The van der Waals surface area contributed by atoms with Gasteiger partial charge in [0.2, 0.25) is 0 Å². The number of fused-ring (bicyclic) bond motifs is 1. The van der Waals surface area contributed by atoms with Crippen LogP contribution in [0.1, 0.15) is 16.7 Å². The summed E-state index contributed by atoms with van der Waals surface area (Å²) in [6.07, 6.45) is 0.575. The molecule has 1 aliphatic heterocycles. The fraction of sp³-hybridized carbons (Fsp3) is 0.417. The third kappa shape index (κ3) is 1.69. The molecule has 2 rings (SSSR count). The first-order valence-corrected chi connectivity index (χ1v) is 5.04. The van der Waals surface area contributed by atoms with E-state index in [1.54, 1.807) is 0 Å². The molecule has 1 aliphatic rings. The highest BCUT2D eigenvalue weighted by molar-refractivity contribution is 5.71. The summed E-state index contributed by atoms with van der Waals surface area (Å²) in [4.78, 5) is 10.8. The lowest BCUT2D eigenvalue weighted by Crippen LogP contribution is -2.28. The van der Waals surface area contributed by atoms with Crippen molar-refractivity contribution in [3.63, 3.8) is 0 Å². The molecule has 0 aliphatic carbocycles. The second-order valence-corrected chi connectivity index (χ2v) is 4.05. The third-order valence-electron chi connectivity index (χ3n) is 3.00. The largest absolute Gasteiger partial charge is 0.492 e. The van der Waals surface area contributed by atoms with Crippen LogP contribution in [0.4, 0.5) is 0 Å². The van der Waals surface area contributed by atoms with Crippen molar-refractivity contribution in [1.82, 2.24) is 0 Å². The van der Waals surface area contributed by atoms with Crippen LogP contribution in [0.2, 0.25) is 0 Å². The van der Waals surface area contributed by atoms with E-state index in [0.717, 1.165) is 16.9 Å². The molecule has 3 nitrogen and oxygen atoms in total. The summed E-state index contributed by atoms with van der Waals surface area (Å²) >= 11 is 0. The molecule has 3 heteroatoms. The molecule has 1 atom stereocenters. The van der Waals surface area contributed by atoms with Crippen molar-refractivity contribution in [1.29, 1.82) is 0 Å². The Morgan fingerprint density at radius 3 is 2.87 bits per heavy atom. The summed E-state index contributed by atoms with van der Waals surface area (Å²) in [5.41, 5.74) is 3.32. The Kier molecular flexibility index (Phi) is 2.39. The molecule has 1 aromatic rings. The van der Waals surface area contributed by atoms with Crippen molar-refractivity contribution < 1.29 is 14.6 Å². The molecule has 0 spiro atoms. The van der Waals surface area contributed by atoms with E-state index < -0.39 is 11.9 Å². The summed E-state index contributed by atoms with van der Waals surface area (Å²) in [6.45, 7) is 4.32. The Bertz CT molecular complexity index is 410. The summed E-state index contributed by atoms with van der Waals surface area (Å²) in [6, 6.07) is 3.98. The van der Waals surface area contributed by atoms with Gasteiger partial charge in [0.05, 0.1) is 5.92 Å². The van der Waals surface area contributed by atoms with Crippen LogP contribution in [0.25, 0.3) is 0 Å². The van der Waals surface area contributed by atoms with Crippen molar-refractivity contribution in [3.05, 3.63) is 28.8 Å². The molecule has 1 heterocycles. The van der Waals surface area contributed by atoms with Gasteiger partial charge in [0, 0.05) is 0 Å². The lowest BCUT2D eigenvalue weighted by molar-refractivity contribution is -0.143. The molecule has 0 radical (unpaired) electrons. The Balaban J connectivity index is 2.36. The van der Waals surface area contributed by atoms with Gasteiger partial charge in [-0.05, 0) is 37.0 Å². The number of carboxylic acids is 1. The van der Waals surface area contributed by atoms with Gasteiger partial charge in [0.15, 0.2) is 0 Å². The van der Waals surface area contributed by atoms with Crippen LogP contribution in [0.15, 0.2) is 12.1 Å². The standard InChI is InChI=1S/C12H14O3/c1-7-3-4-9-5-10(12(13)14)6-15-11(9)8(7)2/h3-4,10H,5-6H2,1-2H3,(H,13,14)/t10-/m1/s1. The predicted octanol–water partition coefficient (Wildman–Crippen LogP) is 1.94. The van der Waals surface area contributed by atoms with Gasteiger partial charge in [-0.15, -0.1) is 0 Å². The molecule has 0 saturated heterocycles. The van der Waals surface area contributed by atoms with Crippen molar-refractivity contribution in [2.24, 2.45) is 5.92 Å². The van der Waals surface area contributed by atoms with Gasteiger partial charge in [-0.1, -0.05) is 12.1 Å². The SMILES string of the molecule is Cc1ccc2c(c1C)OC[C@H](C(=O)O)C2. The minimum atomic E-state index is -0.779. The Labute approximate surface area is 88.7 Å². The number of hydrogen-bond acceptors (Lipinski definition) is 2. The first kappa shape index (κ1) is 10.0. The van der Waals surface area contributed by atoms with E-state index in [-0.39, 0.29) is 6.61 Å². The minimum absolute atomic E-state index is 0.284. The van der Waals surface area contributed by atoms with Gasteiger partial charge < -0.3 is 9.84 Å². The lowest BCUT2D eigenvalue weighted by Gasteiger charge is -2.24. The number of hydrogen-bond donors (Lipinski definition) is 1. The Morgan fingerprint density at radius 1 is 1.47 bits per heavy atom. The van der Waals surface area contributed by atoms with Gasteiger partial charge in [0.1, 0.15) is 12.4 Å². The van der Waals surface area contributed by atoms with E-state index in [9.17, 15) is 4.79 Å². The molecule has 0 fully saturated rings. The van der Waals surface area contributed by atoms with E-state index in [4.69, 9.17) is 9.84 Å². The molecule has 0 unspecified atom stereocenters. The Morgan fingerprint density at radius 2 is 2.20 bits per heavy atom. The molecule has 0 amide bonds. The van der Waals surface area contributed by atoms with Crippen LogP contribution in [0, 0.1) is 19.8 Å². The fourth-order valence-corrected chi connectivity index (χ4v) is 1.87. The molecular formula is C12H14O3. The van der Waals surface area contributed by atoms with E-state index in [2.05, 4.69) is 0 Å². The quantitative estimate of drug-likeness (QED) is 0.763. The summed E-state index contributed by atoms with van der Waals surface area (Å²) in [5.74, 6) is -0.300. The number of rotatable bonds is 1. The molecule has 1 N–H and O–H groups in total. The summed E-state index contributed by atoms with van der Waals surface area (Å²) in [5, 5.41) is 8.91. The highest BCUT2D eigenvalue weighted by Crippen LogP contribution is 2.32. The number of carboxylic acid groups (broad SMARTS) is 1. The van der Waals surface area contributed by atoms with Crippen molar-refractivity contribution in [2.75, 3.05) is 6.61 Å². The van der Waals surface area contributed by atoms with E-state index in [1.807, 2.05) is 26.0 Å². The second kappa shape index (κ2) is 3.57. The smallest absolute Gasteiger partial charge is 0.310 e. The van der Waals surface area contributed by atoms with Crippen molar-refractivity contribution in [2.45, 2.75) is 20.3 Å². The van der Waals surface area contributed by atoms with Gasteiger partial charge in [-0.25, -0.2) is 0 Å². The maximum absolute atomic E-state index is 10.8. The normalized spacial score (nSPS) is 19.2. The van der Waals surface area contributed by atoms with Crippen LogP contribution >= 0.6 is 0 Å². The number of ether oxygens (including phenoxy) is 1. The molecule has 0 saturated carbocycles.